The summed E-state index contributed by atoms with van der Waals surface area (Å²) in [7, 11) is 0. The summed E-state index contributed by atoms with van der Waals surface area (Å²) in [6, 6.07) is 12.7. The van der Waals surface area contributed by atoms with Crippen molar-refractivity contribution in [3.05, 3.63) is 64.7 Å². The summed E-state index contributed by atoms with van der Waals surface area (Å²) in [5.74, 6) is -1.30. The highest BCUT2D eigenvalue weighted by molar-refractivity contribution is 8.13. The van der Waals surface area contributed by atoms with E-state index in [2.05, 4.69) is 5.32 Å². The van der Waals surface area contributed by atoms with Gasteiger partial charge in [0.1, 0.15) is 0 Å². The number of carbonyl (C=O) groups is 3. The van der Waals surface area contributed by atoms with Crippen molar-refractivity contribution in [2.24, 2.45) is 5.92 Å². The molecule has 0 aromatic heterocycles. The minimum atomic E-state index is -1.04. The van der Waals surface area contributed by atoms with Gasteiger partial charge in [-0.2, -0.15) is 0 Å². The molecule has 2 aromatic rings. The number of carboxylic acid groups (broad SMARTS) is 1. The van der Waals surface area contributed by atoms with E-state index in [1.807, 2.05) is 31.2 Å². The molecule has 2 aromatic carbocycles. The maximum Gasteiger partial charge on any atom is 0.336 e. The van der Waals surface area contributed by atoms with E-state index in [1.165, 1.54) is 13.0 Å². The molecule has 0 fully saturated rings. The number of nitrogens with one attached hydrogen (secondary N) is 1. The number of rotatable bonds is 7. The predicted octanol–water partition coefficient (Wildman–Crippen LogP) is 4.08. The molecule has 5 nitrogen and oxygen atoms in total. The third-order valence-electron chi connectivity index (χ3n) is 4.28. The number of aryl methyl sites for hydroxylation is 1. The minimum absolute atomic E-state index is 0.0410. The Morgan fingerprint density at radius 3 is 2.33 bits per heavy atom. The lowest BCUT2D eigenvalue weighted by molar-refractivity contribution is -0.119. The van der Waals surface area contributed by atoms with Crippen LogP contribution in [0.2, 0.25) is 0 Å². The standard InChI is InChI=1S/C21H23NO4S/c1-13-7-9-16(10-8-13)11-17(12-27-15(3)23)20(24)22-19-6-4-5-18(14(19)2)21(25)26/h4-10,17H,11-12H2,1-3H3,(H,22,24)(H,25,26). The summed E-state index contributed by atoms with van der Waals surface area (Å²) in [5, 5.41) is 12.0. The van der Waals surface area contributed by atoms with Gasteiger partial charge < -0.3 is 10.4 Å². The second-order valence-electron chi connectivity index (χ2n) is 6.46. The predicted molar refractivity (Wildman–Crippen MR) is 108 cm³/mol. The Bertz CT molecular complexity index is 846. The van der Waals surface area contributed by atoms with Gasteiger partial charge in [0.25, 0.3) is 0 Å². The summed E-state index contributed by atoms with van der Waals surface area (Å²) in [5.41, 5.74) is 3.29. The molecule has 0 aliphatic carbocycles. The molecule has 1 unspecified atom stereocenters. The second-order valence-corrected chi connectivity index (χ2v) is 7.66. The minimum Gasteiger partial charge on any atom is -0.478 e. The van der Waals surface area contributed by atoms with E-state index in [9.17, 15) is 19.5 Å². The monoisotopic (exact) mass is 385 g/mol. The molecular formula is C21H23NO4S. The van der Waals surface area contributed by atoms with E-state index >= 15 is 0 Å². The molecule has 0 bridgehead atoms. The van der Waals surface area contributed by atoms with Crippen LogP contribution in [0.25, 0.3) is 0 Å². The van der Waals surface area contributed by atoms with Crippen LogP contribution in [0, 0.1) is 19.8 Å². The van der Waals surface area contributed by atoms with E-state index in [1.54, 1.807) is 19.1 Å². The number of anilines is 1. The molecular weight excluding hydrogens is 362 g/mol. The molecule has 6 heteroatoms. The van der Waals surface area contributed by atoms with Crippen molar-refractivity contribution in [2.75, 3.05) is 11.1 Å². The zero-order chi connectivity index (χ0) is 20.0. The number of hydrogen-bond donors (Lipinski definition) is 2. The molecule has 0 heterocycles. The van der Waals surface area contributed by atoms with Gasteiger partial charge in [-0.05, 0) is 43.5 Å². The van der Waals surface area contributed by atoms with Crippen molar-refractivity contribution in [2.45, 2.75) is 27.2 Å². The van der Waals surface area contributed by atoms with E-state index < -0.39 is 11.9 Å². The lowest BCUT2D eigenvalue weighted by Crippen LogP contribution is -2.27. The molecule has 0 spiro atoms. The lowest BCUT2D eigenvalue weighted by atomic mass is 9.98. The normalized spacial score (nSPS) is 11.7. The van der Waals surface area contributed by atoms with Gasteiger partial charge in [0.2, 0.25) is 5.91 Å². The Balaban J connectivity index is 2.20. The van der Waals surface area contributed by atoms with Gasteiger partial charge in [-0.3, -0.25) is 9.59 Å². The Labute approximate surface area is 163 Å². The Morgan fingerprint density at radius 2 is 1.74 bits per heavy atom. The van der Waals surface area contributed by atoms with Crippen LogP contribution in [-0.4, -0.2) is 27.9 Å². The molecule has 0 radical (unpaired) electrons. The summed E-state index contributed by atoms with van der Waals surface area (Å²) in [6.07, 6.45) is 0.504. The molecule has 2 N–H and O–H groups in total. The average Bonchev–Trinajstić information content (AvgIpc) is 2.61. The Hall–Kier alpha value is -2.60. The maximum atomic E-state index is 12.8. The van der Waals surface area contributed by atoms with Crippen LogP contribution >= 0.6 is 11.8 Å². The smallest absolute Gasteiger partial charge is 0.336 e. The molecule has 1 amide bonds. The maximum absolute atomic E-state index is 12.8. The first-order valence-corrected chi connectivity index (χ1v) is 9.59. The SMILES string of the molecule is CC(=O)SCC(Cc1ccc(C)cc1)C(=O)Nc1cccc(C(=O)O)c1C. The number of thioether (sulfide) groups is 1. The van der Waals surface area contributed by atoms with Gasteiger partial charge in [-0.1, -0.05) is 47.7 Å². The third-order valence-corrected chi connectivity index (χ3v) is 5.26. The summed E-state index contributed by atoms with van der Waals surface area (Å²) < 4.78 is 0. The van der Waals surface area contributed by atoms with Gasteiger partial charge in [0.05, 0.1) is 11.5 Å². The molecule has 142 valence electrons. The second kappa shape index (κ2) is 9.37. The van der Waals surface area contributed by atoms with E-state index in [0.717, 1.165) is 22.9 Å². The number of carboxylic acids is 1. The van der Waals surface area contributed by atoms with Gasteiger partial charge in [0, 0.05) is 18.4 Å². The van der Waals surface area contributed by atoms with Crippen molar-refractivity contribution in [3.63, 3.8) is 0 Å². The average molecular weight is 385 g/mol. The van der Waals surface area contributed by atoms with E-state index in [4.69, 9.17) is 0 Å². The summed E-state index contributed by atoms with van der Waals surface area (Å²) >= 11 is 1.12. The van der Waals surface area contributed by atoms with Crippen LogP contribution in [0.1, 0.15) is 34.0 Å². The highest BCUT2D eigenvalue weighted by Crippen LogP contribution is 2.22. The number of benzene rings is 2. The Kier molecular flexibility index (Phi) is 7.19. The van der Waals surface area contributed by atoms with Crippen molar-refractivity contribution in [1.29, 1.82) is 0 Å². The molecule has 0 aliphatic rings. The van der Waals surface area contributed by atoms with E-state index in [-0.39, 0.29) is 16.6 Å². The fraction of sp³-hybridized carbons (Fsp3) is 0.286. The van der Waals surface area contributed by atoms with Crippen LogP contribution in [0.3, 0.4) is 0 Å². The van der Waals surface area contributed by atoms with Crippen molar-refractivity contribution in [1.82, 2.24) is 0 Å². The van der Waals surface area contributed by atoms with Gasteiger partial charge in [-0.25, -0.2) is 4.79 Å². The van der Waals surface area contributed by atoms with Gasteiger partial charge in [0.15, 0.2) is 5.12 Å². The zero-order valence-corrected chi connectivity index (χ0v) is 16.4. The largest absolute Gasteiger partial charge is 0.478 e. The third kappa shape index (κ3) is 5.96. The summed E-state index contributed by atoms with van der Waals surface area (Å²) in [6.45, 7) is 5.14. The fourth-order valence-corrected chi connectivity index (χ4v) is 3.40. The molecule has 2 rings (SSSR count). The van der Waals surface area contributed by atoms with Crippen LogP contribution < -0.4 is 5.32 Å². The van der Waals surface area contributed by atoms with Crippen molar-refractivity contribution < 1.29 is 19.5 Å². The van der Waals surface area contributed by atoms with Gasteiger partial charge in [-0.15, -0.1) is 0 Å². The molecule has 0 saturated carbocycles. The summed E-state index contributed by atoms with van der Waals surface area (Å²) in [4.78, 5) is 35.5. The topological polar surface area (TPSA) is 83.5 Å². The highest BCUT2D eigenvalue weighted by atomic mass is 32.2. The fourth-order valence-electron chi connectivity index (χ4n) is 2.69. The van der Waals surface area contributed by atoms with Crippen molar-refractivity contribution >= 4 is 34.4 Å². The number of amides is 1. The molecule has 1 atom stereocenters. The number of hydrogen-bond acceptors (Lipinski definition) is 4. The first-order chi connectivity index (χ1) is 12.8. The first-order valence-electron chi connectivity index (χ1n) is 8.60. The zero-order valence-electron chi connectivity index (χ0n) is 15.6. The number of carbonyl (C=O) groups excluding carboxylic acids is 2. The molecule has 0 aliphatic heterocycles. The van der Waals surface area contributed by atoms with Crippen LogP contribution in [0.4, 0.5) is 5.69 Å². The highest BCUT2D eigenvalue weighted by Gasteiger charge is 2.21. The number of aromatic carboxylic acids is 1. The van der Waals surface area contributed by atoms with Crippen LogP contribution in [0.15, 0.2) is 42.5 Å². The van der Waals surface area contributed by atoms with Gasteiger partial charge >= 0.3 is 5.97 Å². The lowest BCUT2D eigenvalue weighted by Gasteiger charge is -2.18. The van der Waals surface area contributed by atoms with E-state index in [0.29, 0.717) is 23.4 Å². The van der Waals surface area contributed by atoms with Crippen LogP contribution in [-0.2, 0) is 16.0 Å². The molecule has 27 heavy (non-hydrogen) atoms. The quantitative estimate of drug-likeness (QED) is 0.750. The molecule has 0 saturated heterocycles. The van der Waals surface area contributed by atoms with Crippen LogP contribution in [0.5, 0.6) is 0 Å². The van der Waals surface area contributed by atoms with Crippen molar-refractivity contribution in [3.8, 4) is 0 Å². The first kappa shape index (κ1) is 20.7. The Morgan fingerprint density at radius 1 is 1.07 bits per heavy atom.